The Kier molecular flexibility index (Phi) is 3.36. The van der Waals surface area contributed by atoms with E-state index in [0.717, 1.165) is 16.8 Å². The fourth-order valence-electron chi connectivity index (χ4n) is 1.79. The second-order valence-corrected chi connectivity index (χ2v) is 4.31. The Balaban J connectivity index is 2.15. The molecule has 6 nitrogen and oxygen atoms in total. The minimum absolute atomic E-state index is 0.0627. The highest BCUT2D eigenvalue weighted by Crippen LogP contribution is 2.17. The minimum Gasteiger partial charge on any atom is -0.314 e. The van der Waals surface area contributed by atoms with Crippen molar-refractivity contribution in [3.8, 4) is 0 Å². The maximum absolute atomic E-state index is 12.0. The number of carbonyl (C=O) groups is 1. The minimum atomic E-state index is -0.0627. The van der Waals surface area contributed by atoms with Gasteiger partial charge in [-0.15, -0.1) is 5.10 Å². The van der Waals surface area contributed by atoms with Crippen LogP contribution in [0.3, 0.4) is 0 Å². The Morgan fingerprint density at radius 3 is 2.50 bits per heavy atom. The van der Waals surface area contributed by atoms with E-state index in [0.29, 0.717) is 0 Å². The second kappa shape index (κ2) is 4.95. The zero-order chi connectivity index (χ0) is 13.1. The number of aryl methyl sites for hydroxylation is 2. The Morgan fingerprint density at radius 2 is 1.94 bits per heavy atom. The lowest BCUT2D eigenvalue weighted by Gasteiger charge is -2.18. The van der Waals surface area contributed by atoms with Gasteiger partial charge < -0.3 is 4.90 Å². The summed E-state index contributed by atoms with van der Waals surface area (Å²) < 4.78 is 1.40. The van der Waals surface area contributed by atoms with Gasteiger partial charge in [0.2, 0.25) is 5.91 Å². The van der Waals surface area contributed by atoms with Crippen molar-refractivity contribution in [2.45, 2.75) is 20.4 Å². The maximum Gasteiger partial charge on any atom is 0.248 e. The predicted molar refractivity (Wildman–Crippen MR) is 67.1 cm³/mol. The predicted octanol–water partition coefficient (Wildman–Crippen LogP) is 0.953. The number of likely N-dealkylation sites (N-methyl/N-ethyl adjacent to an activating group) is 1. The zero-order valence-electron chi connectivity index (χ0n) is 10.7. The van der Waals surface area contributed by atoms with Crippen LogP contribution in [-0.2, 0) is 11.3 Å². The third kappa shape index (κ3) is 2.71. The van der Waals surface area contributed by atoms with Gasteiger partial charge in [0.1, 0.15) is 12.9 Å². The molecule has 2 aromatic rings. The number of anilines is 1. The van der Waals surface area contributed by atoms with Gasteiger partial charge in [0.05, 0.1) is 0 Å². The molecular weight excluding hydrogens is 230 g/mol. The van der Waals surface area contributed by atoms with E-state index in [1.165, 1.54) is 11.0 Å². The number of hydrogen-bond acceptors (Lipinski definition) is 4. The number of rotatable bonds is 3. The molecule has 0 saturated heterocycles. The second-order valence-electron chi connectivity index (χ2n) is 4.31. The van der Waals surface area contributed by atoms with Crippen LogP contribution in [0.1, 0.15) is 11.1 Å². The normalized spacial score (nSPS) is 10.4. The molecule has 1 aromatic heterocycles. The Bertz CT molecular complexity index is 529. The average molecular weight is 245 g/mol. The van der Waals surface area contributed by atoms with Gasteiger partial charge in [-0.2, -0.15) is 0 Å². The van der Waals surface area contributed by atoms with Crippen molar-refractivity contribution in [1.82, 2.24) is 20.2 Å². The van der Waals surface area contributed by atoms with E-state index in [4.69, 9.17) is 0 Å². The zero-order valence-corrected chi connectivity index (χ0v) is 10.7. The summed E-state index contributed by atoms with van der Waals surface area (Å²) in [5.74, 6) is -0.0627. The van der Waals surface area contributed by atoms with Gasteiger partial charge >= 0.3 is 0 Å². The summed E-state index contributed by atoms with van der Waals surface area (Å²) in [6.07, 6.45) is 1.42. The fraction of sp³-hybridized carbons (Fsp3) is 0.333. The highest BCUT2D eigenvalue weighted by atomic mass is 16.2. The molecule has 0 fully saturated rings. The molecule has 0 N–H and O–H groups in total. The quantitative estimate of drug-likeness (QED) is 0.807. The lowest BCUT2D eigenvalue weighted by Crippen LogP contribution is -2.30. The molecule has 18 heavy (non-hydrogen) atoms. The standard InChI is InChI=1S/C12H15N5O/c1-9-4-10(2)6-11(5-9)16(3)12(18)7-17-8-13-14-15-17/h4-6,8H,7H2,1-3H3. The van der Waals surface area contributed by atoms with E-state index < -0.39 is 0 Å². The molecule has 1 aromatic carbocycles. The highest BCUT2D eigenvalue weighted by Gasteiger charge is 2.12. The lowest BCUT2D eigenvalue weighted by molar-refractivity contribution is -0.119. The molecule has 94 valence electrons. The molecule has 0 atom stereocenters. The van der Waals surface area contributed by atoms with Crippen molar-refractivity contribution in [3.63, 3.8) is 0 Å². The third-order valence-corrected chi connectivity index (χ3v) is 2.66. The van der Waals surface area contributed by atoms with Gasteiger partial charge in [0.25, 0.3) is 0 Å². The van der Waals surface area contributed by atoms with Crippen molar-refractivity contribution in [2.75, 3.05) is 11.9 Å². The Morgan fingerprint density at radius 1 is 1.28 bits per heavy atom. The summed E-state index contributed by atoms with van der Waals surface area (Å²) in [4.78, 5) is 13.7. The van der Waals surface area contributed by atoms with E-state index >= 15 is 0 Å². The fourth-order valence-corrected chi connectivity index (χ4v) is 1.79. The van der Waals surface area contributed by atoms with Crippen LogP contribution in [0.15, 0.2) is 24.5 Å². The smallest absolute Gasteiger partial charge is 0.248 e. The number of tetrazole rings is 1. The van der Waals surface area contributed by atoms with Gasteiger partial charge in [-0.05, 0) is 47.5 Å². The number of aromatic nitrogens is 4. The van der Waals surface area contributed by atoms with Crippen LogP contribution in [0, 0.1) is 13.8 Å². The molecule has 0 unspecified atom stereocenters. The first-order valence-corrected chi connectivity index (χ1v) is 5.62. The molecule has 1 amide bonds. The monoisotopic (exact) mass is 245 g/mol. The highest BCUT2D eigenvalue weighted by molar-refractivity contribution is 5.92. The van der Waals surface area contributed by atoms with Crippen LogP contribution in [0.5, 0.6) is 0 Å². The van der Waals surface area contributed by atoms with Crippen LogP contribution >= 0.6 is 0 Å². The Hall–Kier alpha value is -2.24. The van der Waals surface area contributed by atoms with Crippen LogP contribution < -0.4 is 4.90 Å². The molecule has 6 heteroatoms. The molecule has 1 heterocycles. The maximum atomic E-state index is 12.0. The van der Waals surface area contributed by atoms with Gasteiger partial charge in [-0.3, -0.25) is 4.79 Å². The SMILES string of the molecule is Cc1cc(C)cc(N(C)C(=O)Cn2cnnn2)c1. The first kappa shape index (κ1) is 12.2. The summed E-state index contributed by atoms with van der Waals surface area (Å²) in [5.41, 5.74) is 3.14. The topological polar surface area (TPSA) is 63.9 Å². The van der Waals surface area contributed by atoms with Crippen LogP contribution in [-0.4, -0.2) is 33.2 Å². The van der Waals surface area contributed by atoms with Crippen LogP contribution in [0.2, 0.25) is 0 Å². The average Bonchev–Trinajstić information content (AvgIpc) is 2.79. The number of nitrogens with zero attached hydrogens (tertiary/aromatic N) is 5. The largest absolute Gasteiger partial charge is 0.314 e. The molecule has 0 aliphatic heterocycles. The molecular formula is C12H15N5O. The number of hydrogen-bond donors (Lipinski definition) is 0. The molecule has 0 radical (unpaired) electrons. The number of carbonyl (C=O) groups excluding carboxylic acids is 1. The van der Waals surface area contributed by atoms with Crippen molar-refractivity contribution in [1.29, 1.82) is 0 Å². The molecule has 2 rings (SSSR count). The van der Waals surface area contributed by atoms with Gasteiger partial charge in [-0.25, -0.2) is 4.68 Å². The van der Waals surface area contributed by atoms with Crippen molar-refractivity contribution in [2.24, 2.45) is 0 Å². The van der Waals surface area contributed by atoms with E-state index in [1.807, 2.05) is 26.0 Å². The molecule has 0 bridgehead atoms. The van der Waals surface area contributed by atoms with E-state index in [9.17, 15) is 4.79 Å². The summed E-state index contributed by atoms with van der Waals surface area (Å²) >= 11 is 0. The van der Waals surface area contributed by atoms with Crippen LogP contribution in [0.4, 0.5) is 5.69 Å². The number of amides is 1. The van der Waals surface area contributed by atoms with Crippen molar-refractivity contribution in [3.05, 3.63) is 35.7 Å². The molecule has 0 saturated carbocycles. The van der Waals surface area contributed by atoms with Crippen molar-refractivity contribution >= 4 is 11.6 Å². The summed E-state index contributed by atoms with van der Waals surface area (Å²) in [7, 11) is 1.75. The van der Waals surface area contributed by atoms with Gasteiger partial charge in [-0.1, -0.05) is 6.07 Å². The molecule has 0 aliphatic carbocycles. The Labute approximate surface area is 105 Å². The van der Waals surface area contributed by atoms with E-state index in [2.05, 4.69) is 21.6 Å². The van der Waals surface area contributed by atoms with Gasteiger partial charge in [0, 0.05) is 12.7 Å². The lowest BCUT2D eigenvalue weighted by atomic mass is 10.1. The molecule has 0 spiro atoms. The number of benzene rings is 1. The van der Waals surface area contributed by atoms with E-state index in [1.54, 1.807) is 11.9 Å². The first-order valence-electron chi connectivity index (χ1n) is 5.62. The van der Waals surface area contributed by atoms with Crippen molar-refractivity contribution < 1.29 is 4.79 Å². The summed E-state index contributed by atoms with van der Waals surface area (Å²) in [6.45, 7) is 4.16. The van der Waals surface area contributed by atoms with Crippen LogP contribution in [0.25, 0.3) is 0 Å². The first-order chi connectivity index (χ1) is 8.56. The molecule has 0 aliphatic rings. The summed E-state index contributed by atoms with van der Waals surface area (Å²) in [6, 6.07) is 6.03. The van der Waals surface area contributed by atoms with Gasteiger partial charge in [0.15, 0.2) is 0 Å². The third-order valence-electron chi connectivity index (χ3n) is 2.66. The van der Waals surface area contributed by atoms with E-state index in [-0.39, 0.29) is 12.5 Å². The summed E-state index contributed by atoms with van der Waals surface area (Å²) in [5, 5.41) is 10.7.